The maximum Gasteiger partial charge on any atom is 0.416 e. The average Bonchev–Trinajstić information content (AvgIpc) is 3.43. The van der Waals surface area contributed by atoms with Gasteiger partial charge in [0.25, 0.3) is 0 Å². The summed E-state index contributed by atoms with van der Waals surface area (Å²) in [6, 6.07) is 18.5. The van der Waals surface area contributed by atoms with Crippen molar-refractivity contribution in [3.63, 3.8) is 0 Å². The fourth-order valence-corrected chi connectivity index (χ4v) is 8.59. The van der Waals surface area contributed by atoms with Gasteiger partial charge in [-0.1, -0.05) is 57.2 Å². The van der Waals surface area contributed by atoms with Crippen molar-refractivity contribution in [1.82, 2.24) is 4.57 Å². The van der Waals surface area contributed by atoms with Crippen molar-refractivity contribution in [3.8, 4) is 0 Å². The molecule has 0 saturated carbocycles. The molecule has 3 aromatic carbocycles. The lowest BCUT2D eigenvalue weighted by Gasteiger charge is -2.31. The second kappa shape index (κ2) is 11.8. The van der Waals surface area contributed by atoms with E-state index in [1.807, 2.05) is 43.3 Å². The van der Waals surface area contributed by atoms with Gasteiger partial charge in [0, 0.05) is 40.7 Å². The van der Waals surface area contributed by atoms with Crippen LogP contribution in [-0.4, -0.2) is 41.6 Å². The van der Waals surface area contributed by atoms with Crippen molar-refractivity contribution in [2.45, 2.75) is 28.9 Å². The number of fused-ring (bicyclic) bond motifs is 2. The van der Waals surface area contributed by atoms with E-state index in [1.165, 1.54) is 21.6 Å². The molecule has 232 valence electrons. The van der Waals surface area contributed by atoms with E-state index in [2.05, 4.69) is 21.2 Å². The monoisotopic (exact) mass is 716 g/mol. The molecule has 1 fully saturated rings. The normalized spacial score (nSPS) is 19.3. The number of nitrogens with zero attached hydrogens (tertiary/aromatic N) is 3. The van der Waals surface area contributed by atoms with Gasteiger partial charge in [-0.15, -0.1) is 0 Å². The number of hydrogen-bond acceptors (Lipinski definition) is 7. The van der Waals surface area contributed by atoms with Crippen molar-refractivity contribution in [3.05, 3.63) is 103 Å². The van der Waals surface area contributed by atoms with Crippen LogP contribution in [0.3, 0.4) is 0 Å². The van der Waals surface area contributed by atoms with Gasteiger partial charge in [0.05, 0.1) is 22.2 Å². The second-order valence-corrected chi connectivity index (χ2v) is 13.8. The Balaban J connectivity index is 1.38. The molecule has 1 N–H and O–H groups in total. The molecule has 0 unspecified atom stereocenters. The third-order valence-corrected chi connectivity index (χ3v) is 10.8. The van der Waals surface area contributed by atoms with Crippen LogP contribution in [0.2, 0.25) is 0 Å². The highest BCUT2D eigenvalue weighted by Crippen LogP contribution is 2.54. The van der Waals surface area contributed by atoms with Crippen LogP contribution >= 0.6 is 39.0 Å². The van der Waals surface area contributed by atoms with E-state index in [1.54, 1.807) is 24.3 Å². The molecule has 2 aliphatic heterocycles. The van der Waals surface area contributed by atoms with E-state index >= 15 is 0 Å². The SMILES string of the molecule is CN(C)c1ccc([C@@H]2c3sc(=O)n(CC(=O)Nc4cccc(C(F)(F)F)c4)c3S[C@H]3C(=O)N(c4ccc(Br)cc4)C(=O)[C@@H]23)cc1. The molecule has 2 aliphatic rings. The largest absolute Gasteiger partial charge is 0.416 e. The number of carbonyl (C=O) groups excluding carboxylic acids is 3. The Morgan fingerprint density at radius 3 is 2.31 bits per heavy atom. The Bertz CT molecular complexity index is 1870. The number of rotatable bonds is 6. The zero-order valence-corrected chi connectivity index (χ0v) is 26.9. The highest BCUT2D eigenvalue weighted by atomic mass is 79.9. The summed E-state index contributed by atoms with van der Waals surface area (Å²) in [5, 5.41) is 1.95. The molecule has 0 aliphatic carbocycles. The van der Waals surface area contributed by atoms with Gasteiger partial charge < -0.3 is 10.2 Å². The Kier molecular flexibility index (Phi) is 8.16. The standard InChI is InChI=1S/C31H24BrF3N4O4S2/c1-37(2)20-10-6-16(7-11-20)23-24-25(28(42)39(27(24)41)21-12-8-18(32)9-13-21)44-29-26(23)45-30(43)38(29)15-22(40)36-19-5-3-4-17(14-19)31(33,34)35/h3-14,23-25H,15H2,1-2H3,(H,36,40)/t23-,24-,25+/m0/s1. The van der Waals surface area contributed by atoms with Crippen LogP contribution in [0.4, 0.5) is 30.2 Å². The molecule has 6 rings (SSSR count). The number of amides is 3. The van der Waals surface area contributed by atoms with Crippen LogP contribution in [0.1, 0.15) is 21.9 Å². The quantitative estimate of drug-likeness (QED) is 0.240. The van der Waals surface area contributed by atoms with Gasteiger partial charge >= 0.3 is 11.0 Å². The predicted octanol–water partition coefficient (Wildman–Crippen LogP) is 6.19. The van der Waals surface area contributed by atoms with Gasteiger partial charge in [-0.05, 0) is 60.2 Å². The van der Waals surface area contributed by atoms with Crippen LogP contribution < -0.4 is 20.0 Å². The Labute approximate surface area is 272 Å². The minimum atomic E-state index is -4.59. The summed E-state index contributed by atoms with van der Waals surface area (Å²) in [5.74, 6) is -2.99. The van der Waals surface area contributed by atoms with Gasteiger partial charge in [0.2, 0.25) is 17.7 Å². The minimum Gasteiger partial charge on any atom is -0.378 e. The number of aromatic nitrogens is 1. The highest BCUT2D eigenvalue weighted by molar-refractivity contribution is 9.10. The Morgan fingerprint density at radius 1 is 0.978 bits per heavy atom. The molecule has 1 saturated heterocycles. The van der Waals surface area contributed by atoms with Crippen LogP contribution in [-0.2, 0) is 27.1 Å². The minimum absolute atomic E-state index is 0.0692. The van der Waals surface area contributed by atoms with Gasteiger partial charge in [-0.2, -0.15) is 13.2 Å². The average molecular weight is 718 g/mol. The molecule has 14 heteroatoms. The molecule has 8 nitrogen and oxygen atoms in total. The number of imide groups is 1. The number of benzene rings is 3. The number of alkyl halides is 3. The molecular formula is C31H24BrF3N4O4S2. The smallest absolute Gasteiger partial charge is 0.378 e. The van der Waals surface area contributed by atoms with E-state index in [0.717, 1.165) is 51.0 Å². The molecule has 1 aromatic heterocycles. The number of thioether (sulfide) groups is 1. The Hall–Kier alpha value is -3.88. The van der Waals surface area contributed by atoms with Crippen LogP contribution in [0.25, 0.3) is 0 Å². The zero-order valence-electron chi connectivity index (χ0n) is 23.7. The number of thiazole rings is 1. The van der Waals surface area contributed by atoms with Gasteiger partial charge in [0.1, 0.15) is 11.8 Å². The fraction of sp³-hybridized carbons (Fsp3) is 0.226. The summed E-state index contributed by atoms with van der Waals surface area (Å²) in [6.45, 7) is -0.490. The lowest BCUT2D eigenvalue weighted by Crippen LogP contribution is -2.33. The lowest BCUT2D eigenvalue weighted by molar-refractivity contribution is -0.137. The topological polar surface area (TPSA) is 91.7 Å². The summed E-state index contributed by atoms with van der Waals surface area (Å²) in [4.78, 5) is 57.5. The molecule has 0 radical (unpaired) electrons. The number of hydrogen-bond donors (Lipinski definition) is 1. The van der Waals surface area contributed by atoms with Crippen LogP contribution in [0.15, 0.2) is 87.1 Å². The second-order valence-electron chi connectivity index (χ2n) is 10.8. The molecule has 0 bridgehead atoms. The maximum atomic E-state index is 14.0. The lowest BCUT2D eigenvalue weighted by atomic mass is 9.83. The maximum absolute atomic E-state index is 14.0. The van der Waals surface area contributed by atoms with Crippen LogP contribution in [0, 0.1) is 5.92 Å². The zero-order chi connectivity index (χ0) is 32.2. The third-order valence-electron chi connectivity index (χ3n) is 7.68. The molecule has 3 atom stereocenters. The molecule has 45 heavy (non-hydrogen) atoms. The van der Waals surface area contributed by atoms with Crippen LogP contribution in [0.5, 0.6) is 0 Å². The fourth-order valence-electron chi connectivity index (χ4n) is 5.56. The van der Waals surface area contributed by atoms with E-state index in [0.29, 0.717) is 15.6 Å². The van der Waals surface area contributed by atoms with Gasteiger partial charge in [-0.3, -0.25) is 23.7 Å². The molecule has 3 amide bonds. The summed E-state index contributed by atoms with van der Waals surface area (Å²) in [7, 11) is 3.79. The predicted molar refractivity (Wildman–Crippen MR) is 171 cm³/mol. The van der Waals surface area contributed by atoms with E-state index in [-0.39, 0.29) is 11.6 Å². The third kappa shape index (κ3) is 5.82. The van der Waals surface area contributed by atoms with Gasteiger partial charge in [-0.25, -0.2) is 4.90 Å². The van der Waals surface area contributed by atoms with E-state index < -0.39 is 52.1 Å². The number of halogens is 4. The molecule has 0 spiro atoms. The van der Waals surface area contributed by atoms with E-state index in [9.17, 15) is 32.3 Å². The number of anilines is 3. The van der Waals surface area contributed by atoms with Crippen molar-refractivity contribution < 1.29 is 27.6 Å². The van der Waals surface area contributed by atoms with E-state index in [4.69, 9.17) is 0 Å². The van der Waals surface area contributed by atoms with Crippen molar-refractivity contribution >= 4 is 73.8 Å². The number of nitrogens with one attached hydrogen (secondary N) is 1. The van der Waals surface area contributed by atoms with Crippen molar-refractivity contribution in [1.29, 1.82) is 0 Å². The summed E-state index contributed by atoms with van der Waals surface area (Å²) >= 11 is 5.33. The molecule has 4 aromatic rings. The summed E-state index contributed by atoms with van der Waals surface area (Å²) in [6.07, 6.45) is -4.59. The first kappa shape index (κ1) is 31.1. The van der Waals surface area contributed by atoms with Crippen molar-refractivity contribution in [2.75, 3.05) is 29.2 Å². The molecular weight excluding hydrogens is 693 g/mol. The summed E-state index contributed by atoms with van der Waals surface area (Å²) in [5.41, 5.74) is 1.09. The van der Waals surface area contributed by atoms with Crippen molar-refractivity contribution in [2.24, 2.45) is 5.92 Å². The highest BCUT2D eigenvalue weighted by Gasteiger charge is 2.56. The molecule has 3 heterocycles. The first-order valence-electron chi connectivity index (χ1n) is 13.6. The Morgan fingerprint density at radius 2 is 1.67 bits per heavy atom. The summed E-state index contributed by atoms with van der Waals surface area (Å²) < 4.78 is 41.6. The number of carbonyl (C=O) groups is 3. The first-order valence-corrected chi connectivity index (χ1v) is 16.1. The van der Waals surface area contributed by atoms with Gasteiger partial charge in [0.15, 0.2) is 0 Å². The first-order chi connectivity index (χ1) is 21.3.